The van der Waals surface area contributed by atoms with E-state index in [-0.39, 0.29) is 6.54 Å². The first-order valence-corrected chi connectivity index (χ1v) is 8.91. The quantitative estimate of drug-likeness (QED) is 0.537. The first-order chi connectivity index (χ1) is 13.3. The molecule has 0 aromatic carbocycles. The maximum absolute atomic E-state index is 14.0. The highest BCUT2D eigenvalue weighted by Gasteiger charge is 2.18. The van der Waals surface area contributed by atoms with Crippen LogP contribution in [0.25, 0.3) is 28.0 Å². The molecule has 0 aliphatic carbocycles. The van der Waals surface area contributed by atoms with Crippen LogP contribution in [0.3, 0.4) is 0 Å². The number of hydrogen-bond acceptors (Lipinski definition) is 4. The third-order valence-corrected chi connectivity index (χ3v) is 4.35. The lowest BCUT2D eigenvalue weighted by Crippen LogP contribution is -2.21. The number of halogens is 1. The molecule has 4 heterocycles. The highest BCUT2D eigenvalue weighted by Crippen LogP contribution is 2.31. The summed E-state index contributed by atoms with van der Waals surface area (Å²) in [6.45, 7) is 5.13. The average Bonchev–Trinajstić information content (AvgIpc) is 3.24. The fourth-order valence-corrected chi connectivity index (χ4v) is 3.20. The second kappa shape index (κ2) is 6.57. The van der Waals surface area contributed by atoms with Crippen LogP contribution in [-0.4, -0.2) is 29.8 Å². The molecular formula is C21H19FN6. The summed E-state index contributed by atoms with van der Waals surface area (Å²) in [5, 5.41) is 13.6. The van der Waals surface area contributed by atoms with Gasteiger partial charge in [0.25, 0.3) is 0 Å². The number of rotatable bonds is 4. The molecule has 0 radical (unpaired) electrons. The maximum atomic E-state index is 14.0. The standard InChI is InChI=1S/C21H19FN6/c1-14-11-27-7-6-15(8-19(27)25-14)20-18(5-4-17(9-23)26-20)16-10-24-28(12-16)13-21(2,3)22/h4-8,10-12H,13H2,1-3H3. The zero-order valence-electron chi connectivity index (χ0n) is 15.9. The summed E-state index contributed by atoms with van der Waals surface area (Å²) in [6, 6.07) is 9.50. The highest BCUT2D eigenvalue weighted by atomic mass is 19.1. The van der Waals surface area contributed by atoms with E-state index in [1.165, 1.54) is 13.8 Å². The summed E-state index contributed by atoms with van der Waals surface area (Å²) in [5.41, 5.74) is 3.86. The number of aromatic nitrogens is 5. The minimum atomic E-state index is -1.36. The number of nitriles is 1. The first kappa shape index (κ1) is 17.9. The second-order valence-electron chi connectivity index (χ2n) is 7.41. The lowest BCUT2D eigenvalue weighted by atomic mass is 10.0. The van der Waals surface area contributed by atoms with Crippen molar-refractivity contribution in [2.75, 3.05) is 0 Å². The van der Waals surface area contributed by atoms with E-state index in [0.717, 1.165) is 28.0 Å². The number of imidazole rings is 1. The molecule has 6 nitrogen and oxygen atoms in total. The third-order valence-electron chi connectivity index (χ3n) is 4.35. The lowest BCUT2D eigenvalue weighted by Gasteiger charge is -2.13. The van der Waals surface area contributed by atoms with Gasteiger partial charge in [0.1, 0.15) is 23.1 Å². The maximum Gasteiger partial charge on any atom is 0.141 e. The molecule has 7 heteroatoms. The van der Waals surface area contributed by atoms with Crippen LogP contribution in [0.2, 0.25) is 0 Å². The Balaban J connectivity index is 1.83. The van der Waals surface area contributed by atoms with Crippen molar-refractivity contribution in [3.8, 4) is 28.5 Å². The SMILES string of the molecule is Cc1cn2ccc(-c3nc(C#N)ccc3-c3cnn(CC(C)(C)F)c3)cc2n1. The second-order valence-corrected chi connectivity index (χ2v) is 7.41. The van der Waals surface area contributed by atoms with Crippen molar-refractivity contribution < 1.29 is 4.39 Å². The van der Waals surface area contributed by atoms with Gasteiger partial charge in [0.05, 0.1) is 24.1 Å². The van der Waals surface area contributed by atoms with Gasteiger partial charge in [-0.25, -0.2) is 14.4 Å². The fourth-order valence-electron chi connectivity index (χ4n) is 3.20. The molecule has 0 saturated carbocycles. The molecule has 0 bridgehead atoms. The van der Waals surface area contributed by atoms with Gasteiger partial charge in [-0.15, -0.1) is 0 Å². The van der Waals surface area contributed by atoms with E-state index < -0.39 is 5.67 Å². The first-order valence-electron chi connectivity index (χ1n) is 8.91. The summed E-state index contributed by atoms with van der Waals surface area (Å²) in [6.07, 6.45) is 7.36. The summed E-state index contributed by atoms with van der Waals surface area (Å²) >= 11 is 0. The predicted octanol–water partition coefficient (Wildman–Crippen LogP) is 4.19. The molecule has 0 amide bonds. The number of alkyl halides is 1. The zero-order valence-corrected chi connectivity index (χ0v) is 15.9. The minimum Gasteiger partial charge on any atom is -0.307 e. The lowest BCUT2D eigenvalue weighted by molar-refractivity contribution is 0.179. The normalized spacial score (nSPS) is 11.7. The molecule has 0 aliphatic rings. The Morgan fingerprint density at radius 1 is 1.14 bits per heavy atom. The van der Waals surface area contributed by atoms with Crippen molar-refractivity contribution >= 4 is 5.65 Å². The molecule has 0 saturated heterocycles. The van der Waals surface area contributed by atoms with Crippen molar-refractivity contribution in [2.24, 2.45) is 0 Å². The van der Waals surface area contributed by atoms with Crippen molar-refractivity contribution in [3.63, 3.8) is 0 Å². The van der Waals surface area contributed by atoms with Crippen LogP contribution in [0.4, 0.5) is 4.39 Å². The molecule has 140 valence electrons. The average molecular weight is 374 g/mol. The van der Waals surface area contributed by atoms with Crippen LogP contribution in [0.15, 0.2) is 49.1 Å². The van der Waals surface area contributed by atoms with Gasteiger partial charge in [-0.2, -0.15) is 10.4 Å². The molecule has 4 aromatic rings. The van der Waals surface area contributed by atoms with Gasteiger partial charge in [-0.1, -0.05) is 0 Å². The Morgan fingerprint density at radius 3 is 2.71 bits per heavy atom. The predicted molar refractivity (Wildman–Crippen MR) is 104 cm³/mol. The van der Waals surface area contributed by atoms with Gasteiger partial charge < -0.3 is 4.40 Å². The molecular weight excluding hydrogens is 355 g/mol. The van der Waals surface area contributed by atoms with Crippen molar-refractivity contribution in [3.05, 3.63) is 60.4 Å². The third kappa shape index (κ3) is 3.49. The van der Waals surface area contributed by atoms with Crippen molar-refractivity contribution in [2.45, 2.75) is 33.0 Å². The Labute approximate surface area is 161 Å². The summed E-state index contributed by atoms with van der Waals surface area (Å²) < 4.78 is 17.5. The van der Waals surface area contributed by atoms with Crippen LogP contribution in [0, 0.1) is 18.3 Å². The van der Waals surface area contributed by atoms with Crippen LogP contribution in [0.5, 0.6) is 0 Å². The molecule has 4 rings (SSSR count). The molecule has 0 N–H and O–H groups in total. The van der Waals surface area contributed by atoms with E-state index in [9.17, 15) is 9.65 Å². The van der Waals surface area contributed by atoms with Gasteiger partial charge >= 0.3 is 0 Å². The summed E-state index contributed by atoms with van der Waals surface area (Å²) in [4.78, 5) is 9.03. The van der Waals surface area contributed by atoms with Crippen LogP contribution >= 0.6 is 0 Å². The van der Waals surface area contributed by atoms with Gasteiger partial charge in [0.2, 0.25) is 0 Å². The Kier molecular flexibility index (Phi) is 4.19. The van der Waals surface area contributed by atoms with Crippen LogP contribution < -0.4 is 0 Å². The van der Waals surface area contributed by atoms with Gasteiger partial charge in [0, 0.05) is 35.3 Å². The van der Waals surface area contributed by atoms with E-state index in [4.69, 9.17) is 0 Å². The number of aryl methyl sites for hydroxylation is 1. The molecule has 0 atom stereocenters. The summed E-state index contributed by atoms with van der Waals surface area (Å²) in [5.74, 6) is 0. The highest BCUT2D eigenvalue weighted by molar-refractivity contribution is 5.81. The van der Waals surface area contributed by atoms with E-state index in [1.807, 2.05) is 41.9 Å². The number of hydrogen-bond donors (Lipinski definition) is 0. The monoisotopic (exact) mass is 374 g/mol. The van der Waals surface area contributed by atoms with Gasteiger partial charge in [-0.3, -0.25) is 4.68 Å². The van der Waals surface area contributed by atoms with Gasteiger partial charge in [0.15, 0.2) is 0 Å². The van der Waals surface area contributed by atoms with Gasteiger partial charge in [-0.05, 0) is 45.0 Å². The molecule has 28 heavy (non-hydrogen) atoms. The van der Waals surface area contributed by atoms with Crippen molar-refractivity contribution in [1.82, 2.24) is 24.1 Å². The molecule has 0 unspecified atom stereocenters. The Morgan fingerprint density at radius 2 is 1.96 bits per heavy atom. The van der Waals surface area contributed by atoms with Crippen LogP contribution in [-0.2, 0) is 6.54 Å². The fraction of sp³-hybridized carbons (Fsp3) is 0.238. The van der Waals surface area contributed by atoms with E-state index >= 15 is 0 Å². The number of fused-ring (bicyclic) bond motifs is 1. The molecule has 0 fully saturated rings. The topological polar surface area (TPSA) is 71.8 Å². The van der Waals surface area contributed by atoms with E-state index in [2.05, 4.69) is 21.1 Å². The largest absolute Gasteiger partial charge is 0.307 e. The van der Waals surface area contributed by atoms with Crippen molar-refractivity contribution in [1.29, 1.82) is 5.26 Å². The smallest absolute Gasteiger partial charge is 0.141 e. The van der Waals surface area contributed by atoms with E-state index in [0.29, 0.717) is 11.4 Å². The zero-order chi connectivity index (χ0) is 19.9. The minimum absolute atomic E-state index is 0.158. The molecule has 4 aromatic heterocycles. The number of nitrogens with zero attached hydrogens (tertiary/aromatic N) is 6. The van der Waals surface area contributed by atoms with Crippen LogP contribution in [0.1, 0.15) is 25.2 Å². The Bertz CT molecular complexity index is 1210. The summed E-state index contributed by atoms with van der Waals surface area (Å²) in [7, 11) is 0. The van der Waals surface area contributed by atoms with E-state index in [1.54, 1.807) is 23.1 Å². The Hall–Kier alpha value is -3.53. The molecule has 0 spiro atoms. The molecule has 0 aliphatic heterocycles. The number of pyridine rings is 2.